The number of furan rings is 1. The van der Waals surface area contributed by atoms with Gasteiger partial charge in [-0.2, -0.15) is 0 Å². The van der Waals surface area contributed by atoms with Crippen LogP contribution in [-0.2, 0) is 26.2 Å². The van der Waals surface area contributed by atoms with Crippen molar-refractivity contribution in [3.63, 3.8) is 0 Å². The number of nitrogens with zero attached hydrogens (tertiary/aromatic N) is 1. The monoisotopic (exact) mass is 429 g/mol. The molecule has 0 aliphatic carbocycles. The molecule has 0 aliphatic rings. The van der Waals surface area contributed by atoms with E-state index in [2.05, 4.69) is 0 Å². The number of halogens is 1. The van der Waals surface area contributed by atoms with Crippen molar-refractivity contribution >= 4 is 33.7 Å². The van der Waals surface area contributed by atoms with E-state index < -0.39 is 16.0 Å². The van der Waals surface area contributed by atoms with E-state index in [4.69, 9.17) is 30.2 Å². The standard InChI is InChI=1S/C18H20ClNO7S/c1-20(2)28(22,23)17-8-6-13(27-17)11-26-16(21)7-5-12-9-14(19)18(25-4)15(10-12)24-3/h5-10H,11H2,1-4H3/b7-5+. The van der Waals surface area contributed by atoms with Gasteiger partial charge in [-0.1, -0.05) is 11.6 Å². The van der Waals surface area contributed by atoms with E-state index in [0.717, 1.165) is 4.31 Å². The molecule has 152 valence electrons. The van der Waals surface area contributed by atoms with Crippen molar-refractivity contribution in [1.29, 1.82) is 0 Å². The van der Waals surface area contributed by atoms with Crippen LogP contribution in [0.25, 0.3) is 6.08 Å². The zero-order valence-corrected chi connectivity index (χ0v) is 17.3. The van der Waals surface area contributed by atoms with Gasteiger partial charge in [-0.15, -0.1) is 0 Å². The quantitative estimate of drug-likeness (QED) is 0.470. The van der Waals surface area contributed by atoms with Crippen LogP contribution in [0.15, 0.2) is 39.9 Å². The largest absolute Gasteiger partial charge is 0.493 e. The molecule has 0 N–H and O–H groups in total. The van der Waals surface area contributed by atoms with Crippen LogP contribution in [-0.4, -0.2) is 47.0 Å². The third-order valence-corrected chi connectivity index (χ3v) is 5.57. The van der Waals surface area contributed by atoms with Gasteiger partial charge in [0.2, 0.25) is 5.09 Å². The van der Waals surface area contributed by atoms with E-state index in [-0.39, 0.29) is 17.5 Å². The van der Waals surface area contributed by atoms with Gasteiger partial charge in [0.15, 0.2) is 11.5 Å². The van der Waals surface area contributed by atoms with Crippen LogP contribution in [0, 0.1) is 0 Å². The Balaban J connectivity index is 2.02. The molecule has 0 spiro atoms. The smallest absolute Gasteiger partial charge is 0.331 e. The topological polar surface area (TPSA) is 95.3 Å². The third kappa shape index (κ3) is 5.06. The molecule has 0 unspecified atom stereocenters. The normalized spacial score (nSPS) is 11.8. The van der Waals surface area contributed by atoms with Gasteiger partial charge in [0.25, 0.3) is 10.0 Å². The number of sulfonamides is 1. The minimum Gasteiger partial charge on any atom is -0.493 e. The number of rotatable bonds is 8. The van der Waals surface area contributed by atoms with Gasteiger partial charge in [0.1, 0.15) is 12.4 Å². The third-order valence-electron chi connectivity index (χ3n) is 3.60. The van der Waals surface area contributed by atoms with Gasteiger partial charge in [0.05, 0.1) is 19.2 Å². The van der Waals surface area contributed by atoms with Gasteiger partial charge >= 0.3 is 5.97 Å². The summed E-state index contributed by atoms with van der Waals surface area (Å²) in [4.78, 5) is 11.9. The fraction of sp³-hybridized carbons (Fsp3) is 0.278. The first-order valence-electron chi connectivity index (χ1n) is 7.96. The summed E-state index contributed by atoms with van der Waals surface area (Å²) in [5.74, 6) is 0.383. The van der Waals surface area contributed by atoms with E-state index in [1.165, 1.54) is 52.6 Å². The van der Waals surface area contributed by atoms with Crippen LogP contribution in [0.4, 0.5) is 0 Å². The Morgan fingerprint density at radius 1 is 1.21 bits per heavy atom. The highest BCUT2D eigenvalue weighted by molar-refractivity contribution is 7.88. The number of ether oxygens (including phenoxy) is 3. The highest BCUT2D eigenvalue weighted by atomic mass is 35.5. The molecule has 0 fully saturated rings. The summed E-state index contributed by atoms with van der Waals surface area (Å²) in [5, 5.41) is 0.110. The maximum atomic E-state index is 12.0. The summed E-state index contributed by atoms with van der Waals surface area (Å²) in [6.45, 7) is -0.210. The minimum absolute atomic E-state index is 0.205. The molecule has 2 aromatic rings. The SMILES string of the molecule is COc1cc(/C=C/C(=O)OCc2ccc(S(=O)(=O)N(C)C)o2)cc(Cl)c1OC. The van der Waals surface area contributed by atoms with Gasteiger partial charge in [-0.3, -0.25) is 0 Å². The first-order valence-corrected chi connectivity index (χ1v) is 9.78. The molecule has 10 heteroatoms. The van der Waals surface area contributed by atoms with Crippen LogP contribution in [0.1, 0.15) is 11.3 Å². The predicted octanol–water partition coefficient (Wildman–Crippen LogP) is 2.96. The Bertz CT molecular complexity index is 980. The second kappa shape index (κ2) is 9.13. The molecular weight excluding hydrogens is 410 g/mol. The molecule has 28 heavy (non-hydrogen) atoms. The second-order valence-electron chi connectivity index (χ2n) is 5.69. The van der Waals surface area contributed by atoms with Crippen molar-refractivity contribution < 1.29 is 31.8 Å². The van der Waals surface area contributed by atoms with Gasteiger partial charge in [-0.05, 0) is 35.9 Å². The molecule has 0 atom stereocenters. The highest BCUT2D eigenvalue weighted by Crippen LogP contribution is 2.36. The molecule has 0 saturated heterocycles. The maximum Gasteiger partial charge on any atom is 0.331 e. The lowest BCUT2D eigenvalue weighted by Gasteiger charge is -2.10. The number of carbonyl (C=O) groups excluding carboxylic acids is 1. The summed E-state index contributed by atoms with van der Waals surface area (Å²) >= 11 is 6.11. The van der Waals surface area contributed by atoms with Crippen molar-refractivity contribution in [2.24, 2.45) is 0 Å². The van der Waals surface area contributed by atoms with Crippen LogP contribution in [0.3, 0.4) is 0 Å². The number of methoxy groups -OCH3 is 2. The lowest BCUT2D eigenvalue weighted by Crippen LogP contribution is -2.21. The molecule has 1 heterocycles. The number of hydrogen-bond acceptors (Lipinski definition) is 7. The zero-order valence-electron chi connectivity index (χ0n) is 15.8. The molecule has 0 radical (unpaired) electrons. The van der Waals surface area contributed by atoms with E-state index in [0.29, 0.717) is 22.1 Å². The van der Waals surface area contributed by atoms with Crippen molar-refractivity contribution in [3.8, 4) is 11.5 Å². The van der Waals surface area contributed by atoms with Crippen molar-refractivity contribution in [2.75, 3.05) is 28.3 Å². The van der Waals surface area contributed by atoms with Gasteiger partial charge in [-0.25, -0.2) is 17.5 Å². The maximum absolute atomic E-state index is 12.0. The lowest BCUT2D eigenvalue weighted by molar-refractivity contribution is -0.139. The summed E-state index contributed by atoms with van der Waals surface area (Å²) in [6, 6.07) is 6.00. The molecule has 0 bridgehead atoms. The molecule has 2 rings (SSSR count). The second-order valence-corrected chi connectivity index (χ2v) is 8.18. The highest BCUT2D eigenvalue weighted by Gasteiger charge is 2.21. The van der Waals surface area contributed by atoms with Crippen LogP contribution in [0.5, 0.6) is 11.5 Å². The summed E-state index contributed by atoms with van der Waals surface area (Å²) in [6.07, 6.45) is 2.71. The van der Waals surface area contributed by atoms with E-state index in [1.54, 1.807) is 12.1 Å². The predicted molar refractivity (Wildman–Crippen MR) is 103 cm³/mol. The van der Waals surface area contributed by atoms with Gasteiger partial charge in [0, 0.05) is 20.2 Å². The Kier molecular flexibility index (Phi) is 7.11. The average molecular weight is 430 g/mol. The van der Waals surface area contributed by atoms with Crippen molar-refractivity contribution in [3.05, 3.63) is 46.7 Å². The molecule has 8 nitrogen and oxygen atoms in total. The number of benzene rings is 1. The molecule has 1 aromatic carbocycles. The number of esters is 1. The fourth-order valence-corrected chi connectivity index (χ4v) is 3.25. The van der Waals surface area contributed by atoms with Crippen LogP contribution >= 0.6 is 11.6 Å². The Morgan fingerprint density at radius 3 is 2.54 bits per heavy atom. The average Bonchev–Trinajstić information content (AvgIpc) is 3.13. The molecule has 0 aliphatic heterocycles. The van der Waals surface area contributed by atoms with Crippen LogP contribution in [0.2, 0.25) is 5.02 Å². The van der Waals surface area contributed by atoms with Gasteiger partial charge < -0.3 is 18.6 Å². The number of hydrogen-bond donors (Lipinski definition) is 0. The number of carbonyl (C=O) groups is 1. The minimum atomic E-state index is -3.68. The Labute approximate surface area is 168 Å². The van der Waals surface area contributed by atoms with E-state index in [1.807, 2.05) is 0 Å². The summed E-state index contributed by atoms with van der Waals surface area (Å²) < 4.78 is 45.5. The molecule has 0 saturated carbocycles. The summed E-state index contributed by atoms with van der Waals surface area (Å²) in [7, 11) is 2.05. The Morgan fingerprint density at radius 2 is 1.93 bits per heavy atom. The zero-order chi connectivity index (χ0) is 20.9. The van der Waals surface area contributed by atoms with Crippen molar-refractivity contribution in [2.45, 2.75) is 11.7 Å². The first-order chi connectivity index (χ1) is 13.2. The molecular formula is C18H20ClNO7S. The lowest BCUT2D eigenvalue weighted by atomic mass is 10.2. The Hall–Kier alpha value is -2.49. The van der Waals surface area contributed by atoms with Crippen LogP contribution < -0.4 is 9.47 Å². The fourth-order valence-electron chi connectivity index (χ4n) is 2.14. The molecule has 1 aromatic heterocycles. The van der Waals surface area contributed by atoms with E-state index in [9.17, 15) is 13.2 Å². The van der Waals surface area contributed by atoms with Crippen molar-refractivity contribution in [1.82, 2.24) is 4.31 Å². The first kappa shape index (κ1) is 21.8. The summed E-state index contributed by atoms with van der Waals surface area (Å²) in [5.41, 5.74) is 0.608. The molecule has 0 amide bonds. The van der Waals surface area contributed by atoms with E-state index >= 15 is 0 Å².